The lowest BCUT2D eigenvalue weighted by atomic mass is 10.2. The Hall–Kier alpha value is -1.30. The smallest absolute Gasteiger partial charge is 0.333 e. The van der Waals surface area contributed by atoms with Gasteiger partial charge >= 0.3 is 11.9 Å². The highest BCUT2D eigenvalue weighted by Gasteiger charge is 2.13. The number of rotatable bonds is 7. The van der Waals surface area contributed by atoms with Gasteiger partial charge in [0.05, 0.1) is 20.1 Å². The lowest BCUT2D eigenvalue weighted by Crippen LogP contribution is -2.12. The van der Waals surface area contributed by atoms with Gasteiger partial charge in [-0.2, -0.15) is 0 Å². The van der Waals surface area contributed by atoms with Crippen molar-refractivity contribution in [2.24, 2.45) is 0 Å². The first-order chi connectivity index (χ1) is 7.47. The van der Waals surface area contributed by atoms with Crippen LogP contribution in [0.2, 0.25) is 12.6 Å². The molecule has 0 aliphatic rings. The minimum Gasteiger partial charge on any atom is -0.469 e. The summed E-state index contributed by atoms with van der Waals surface area (Å²) in [6, 6.07) is 0.557. The molecule has 0 heterocycles. The molecule has 0 fully saturated rings. The van der Waals surface area contributed by atoms with Gasteiger partial charge < -0.3 is 13.9 Å². The average molecular weight is 244 g/mol. The highest BCUT2D eigenvalue weighted by Crippen LogP contribution is 2.03. The summed E-state index contributed by atoms with van der Waals surface area (Å²) in [6.07, 6.45) is 0.394. The maximum Gasteiger partial charge on any atom is 0.333 e. The molecule has 0 N–H and O–H groups in total. The number of esters is 2. The molecule has 0 saturated carbocycles. The number of hydrogen-bond donors (Lipinski definition) is 0. The number of carbonyl (C=O) groups is 2. The van der Waals surface area contributed by atoms with E-state index in [1.54, 1.807) is 6.55 Å². The number of carbonyl (C=O) groups excluding carboxylic acids is 2. The van der Waals surface area contributed by atoms with Gasteiger partial charge in [-0.1, -0.05) is 6.58 Å². The quantitative estimate of drug-likeness (QED) is 0.290. The Kier molecular flexibility index (Phi) is 7.28. The van der Waals surface area contributed by atoms with Crippen LogP contribution in [-0.4, -0.2) is 34.3 Å². The van der Waals surface area contributed by atoms with Crippen molar-refractivity contribution in [3.05, 3.63) is 12.2 Å². The van der Waals surface area contributed by atoms with Crippen LogP contribution in [0, 0.1) is 0 Å². The van der Waals surface area contributed by atoms with Crippen molar-refractivity contribution in [2.75, 3.05) is 13.7 Å². The Balaban J connectivity index is 3.76. The summed E-state index contributed by atoms with van der Waals surface area (Å²) in [4.78, 5) is 22.1. The third-order valence-corrected chi connectivity index (χ3v) is 2.84. The average Bonchev–Trinajstić information content (AvgIpc) is 2.23. The highest BCUT2D eigenvalue weighted by atomic mass is 28.3. The van der Waals surface area contributed by atoms with Crippen LogP contribution in [0.4, 0.5) is 0 Å². The summed E-state index contributed by atoms with van der Waals surface area (Å²) in [6.45, 7) is 5.28. The zero-order valence-electron chi connectivity index (χ0n) is 9.58. The molecule has 5 nitrogen and oxygen atoms in total. The van der Waals surface area contributed by atoms with Gasteiger partial charge in [0.25, 0.3) is 8.68 Å². The molecule has 0 aliphatic heterocycles. The van der Waals surface area contributed by atoms with Crippen LogP contribution in [0.25, 0.3) is 0 Å². The highest BCUT2D eigenvalue weighted by molar-refractivity contribution is 6.40. The second-order valence-electron chi connectivity index (χ2n) is 3.30. The molecule has 0 radical (unpaired) electrons. The fourth-order valence-electron chi connectivity index (χ4n) is 0.907. The second-order valence-corrected chi connectivity index (χ2v) is 5.20. The molecule has 16 heavy (non-hydrogen) atoms. The Morgan fingerprint density at radius 2 is 2.00 bits per heavy atom. The van der Waals surface area contributed by atoms with E-state index >= 15 is 0 Å². The number of methoxy groups -OCH3 is 1. The topological polar surface area (TPSA) is 69.7 Å². The standard InChI is InChI=1S/C10H16O5Si/c1-8(7-9(11)14-2)10(12)15-5-4-6-16(3)13/h1,4-7H2,2-3H3. The Bertz CT molecular complexity index is 298. The van der Waals surface area contributed by atoms with Gasteiger partial charge in [0, 0.05) is 5.57 Å². The Morgan fingerprint density at radius 3 is 2.50 bits per heavy atom. The second kappa shape index (κ2) is 7.92. The molecule has 0 aromatic heterocycles. The Labute approximate surface area is 96.1 Å². The summed E-state index contributed by atoms with van der Waals surface area (Å²) < 4.78 is 20.0. The van der Waals surface area contributed by atoms with Crippen LogP contribution in [-0.2, 0) is 23.5 Å². The first-order valence-corrected chi connectivity index (χ1v) is 7.00. The van der Waals surface area contributed by atoms with Crippen molar-refractivity contribution in [2.45, 2.75) is 25.4 Å². The maximum absolute atomic E-state index is 11.2. The predicted molar refractivity (Wildman–Crippen MR) is 58.5 cm³/mol. The third kappa shape index (κ3) is 7.05. The molecule has 0 rings (SSSR count). The normalized spacial score (nSPS) is 9.38. The van der Waals surface area contributed by atoms with Crippen molar-refractivity contribution < 1.29 is 23.5 Å². The SMILES string of the molecule is C=C(CC(=O)OC)C(=O)OCCC[Si](C)=O. The first-order valence-electron chi connectivity index (χ1n) is 4.88. The van der Waals surface area contributed by atoms with E-state index in [0.717, 1.165) is 0 Å². The molecule has 0 atom stereocenters. The molecule has 0 aromatic rings. The molecule has 0 bridgehead atoms. The molecule has 0 aliphatic carbocycles. The van der Waals surface area contributed by atoms with Crippen LogP contribution in [0.5, 0.6) is 0 Å². The van der Waals surface area contributed by atoms with Crippen LogP contribution >= 0.6 is 0 Å². The van der Waals surface area contributed by atoms with Crippen LogP contribution < -0.4 is 0 Å². The van der Waals surface area contributed by atoms with Crippen LogP contribution in [0.3, 0.4) is 0 Å². The van der Waals surface area contributed by atoms with Gasteiger partial charge in [-0.3, -0.25) is 4.79 Å². The van der Waals surface area contributed by atoms with Crippen LogP contribution in [0.1, 0.15) is 12.8 Å². The van der Waals surface area contributed by atoms with E-state index in [0.29, 0.717) is 12.5 Å². The minimum atomic E-state index is -1.51. The minimum absolute atomic E-state index is 0.0657. The van der Waals surface area contributed by atoms with Gasteiger partial charge in [0.15, 0.2) is 0 Å². The Morgan fingerprint density at radius 1 is 1.38 bits per heavy atom. The van der Waals surface area contributed by atoms with E-state index in [-0.39, 0.29) is 18.6 Å². The van der Waals surface area contributed by atoms with Crippen molar-refractivity contribution in [1.82, 2.24) is 0 Å². The van der Waals surface area contributed by atoms with Crippen molar-refractivity contribution in [3.8, 4) is 0 Å². The lowest BCUT2D eigenvalue weighted by Gasteiger charge is -2.05. The fourth-order valence-corrected chi connectivity index (χ4v) is 1.55. The number of ether oxygens (including phenoxy) is 2. The van der Waals surface area contributed by atoms with E-state index < -0.39 is 20.6 Å². The molecule has 90 valence electrons. The zero-order valence-corrected chi connectivity index (χ0v) is 10.6. The van der Waals surface area contributed by atoms with E-state index in [2.05, 4.69) is 11.3 Å². The third-order valence-electron chi connectivity index (χ3n) is 1.78. The molecule has 0 amide bonds. The molecule has 6 heteroatoms. The molecule has 0 spiro atoms. The summed E-state index contributed by atoms with van der Waals surface area (Å²) >= 11 is 0. The van der Waals surface area contributed by atoms with Gasteiger partial charge in [-0.25, -0.2) is 4.79 Å². The van der Waals surface area contributed by atoms with Crippen molar-refractivity contribution in [1.29, 1.82) is 0 Å². The fraction of sp³-hybridized carbons (Fsp3) is 0.600. The summed E-state index contributed by atoms with van der Waals surface area (Å²) in [7, 11) is -0.277. The molecule has 0 unspecified atom stereocenters. The van der Waals surface area contributed by atoms with E-state index in [1.165, 1.54) is 7.11 Å². The van der Waals surface area contributed by atoms with Crippen LogP contribution in [0.15, 0.2) is 12.2 Å². The largest absolute Gasteiger partial charge is 0.469 e. The van der Waals surface area contributed by atoms with Gasteiger partial charge in [0.1, 0.15) is 0 Å². The summed E-state index contributed by atoms with van der Waals surface area (Å²) in [5, 5.41) is 0. The predicted octanol–water partition coefficient (Wildman–Crippen LogP) is 1.09. The monoisotopic (exact) mass is 244 g/mol. The number of hydrogen-bond acceptors (Lipinski definition) is 5. The zero-order chi connectivity index (χ0) is 12.6. The molecule has 0 saturated heterocycles. The van der Waals surface area contributed by atoms with Crippen molar-refractivity contribution >= 4 is 20.6 Å². The lowest BCUT2D eigenvalue weighted by molar-refractivity contribution is -0.144. The van der Waals surface area contributed by atoms with Gasteiger partial charge in [-0.05, 0) is 19.0 Å². The molecular formula is C10H16O5Si. The first kappa shape index (κ1) is 14.7. The van der Waals surface area contributed by atoms with E-state index in [4.69, 9.17) is 4.74 Å². The summed E-state index contributed by atoms with van der Waals surface area (Å²) in [5.74, 6) is -1.14. The summed E-state index contributed by atoms with van der Waals surface area (Å²) in [5.41, 5.74) is 0.0657. The van der Waals surface area contributed by atoms with E-state index in [1.807, 2.05) is 0 Å². The van der Waals surface area contributed by atoms with Crippen molar-refractivity contribution in [3.63, 3.8) is 0 Å². The van der Waals surface area contributed by atoms with E-state index in [9.17, 15) is 14.1 Å². The molecule has 0 aromatic carbocycles. The molecular weight excluding hydrogens is 228 g/mol. The maximum atomic E-state index is 11.2. The van der Waals surface area contributed by atoms with Gasteiger partial charge in [-0.15, -0.1) is 0 Å². The van der Waals surface area contributed by atoms with Gasteiger partial charge in [0.2, 0.25) is 0 Å².